The number of para-hydroxylation sites is 1. The first-order valence-electron chi connectivity index (χ1n) is 8.64. The Morgan fingerprint density at radius 3 is 2.56 bits per heavy atom. The van der Waals surface area contributed by atoms with E-state index in [2.05, 4.69) is 19.2 Å². The Bertz CT molecular complexity index is 710. The molecule has 0 spiro atoms. The van der Waals surface area contributed by atoms with Crippen molar-refractivity contribution >= 4 is 5.91 Å². The van der Waals surface area contributed by atoms with Gasteiger partial charge in [0, 0.05) is 17.7 Å². The van der Waals surface area contributed by atoms with Crippen LogP contribution in [0.3, 0.4) is 0 Å². The zero-order chi connectivity index (χ0) is 18.2. The fourth-order valence-electron chi connectivity index (χ4n) is 2.48. The van der Waals surface area contributed by atoms with E-state index in [1.165, 1.54) is 0 Å². The summed E-state index contributed by atoms with van der Waals surface area (Å²) in [6.45, 7) is 7.31. The maximum atomic E-state index is 12.3. The van der Waals surface area contributed by atoms with Gasteiger partial charge in [-0.3, -0.25) is 4.79 Å². The largest absolute Gasteiger partial charge is 0.496 e. The van der Waals surface area contributed by atoms with E-state index in [9.17, 15) is 4.79 Å². The standard InChI is InChI=1S/C21H27NO3/c1-15(2)11-12-22-21(23)17-9-10-20(24-4)18(13-17)14-25-19-8-6-5-7-16(19)3/h5-10,13,15H,11-12,14H2,1-4H3,(H,22,23). The van der Waals surface area contributed by atoms with Crippen LogP contribution in [0.4, 0.5) is 0 Å². The van der Waals surface area contributed by atoms with Crippen LogP contribution in [-0.2, 0) is 6.61 Å². The van der Waals surface area contributed by atoms with Crippen molar-refractivity contribution in [3.05, 3.63) is 59.2 Å². The van der Waals surface area contributed by atoms with Crippen LogP contribution in [-0.4, -0.2) is 19.6 Å². The minimum atomic E-state index is -0.0690. The molecular weight excluding hydrogens is 314 g/mol. The maximum absolute atomic E-state index is 12.3. The van der Waals surface area contributed by atoms with E-state index < -0.39 is 0 Å². The lowest BCUT2D eigenvalue weighted by Gasteiger charge is -2.13. The topological polar surface area (TPSA) is 47.6 Å². The van der Waals surface area contributed by atoms with Gasteiger partial charge in [0.15, 0.2) is 0 Å². The Morgan fingerprint density at radius 1 is 1.12 bits per heavy atom. The van der Waals surface area contributed by atoms with Gasteiger partial charge in [0.25, 0.3) is 5.91 Å². The predicted molar refractivity (Wildman–Crippen MR) is 100 cm³/mol. The highest BCUT2D eigenvalue weighted by atomic mass is 16.5. The third-order valence-corrected chi connectivity index (χ3v) is 4.03. The number of nitrogens with one attached hydrogen (secondary N) is 1. The second kappa shape index (κ2) is 9.11. The highest BCUT2D eigenvalue weighted by Crippen LogP contribution is 2.24. The van der Waals surface area contributed by atoms with Gasteiger partial charge in [0.05, 0.1) is 7.11 Å². The number of amides is 1. The fraction of sp³-hybridized carbons (Fsp3) is 0.381. The van der Waals surface area contributed by atoms with Gasteiger partial charge in [-0.05, 0) is 49.1 Å². The number of rotatable bonds is 8. The van der Waals surface area contributed by atoms with Crippen molar-refractivity contribution in [2.75, 3.05) is 13.7 Å². The zero-order valence-electron chi connectivity index (χ0n) is 15.5. The van der Waals surface area contributed by atoms with Crippen LogP contribution in [0.2, 0.25) is 0 Å². The molecule has 0 fully saturated rings. The maximum Gasteiger partial charge on any atom is 0.251 e. The van der Waals surface area contributed by atoms with Crippen LogP contribution in [0, 0.1) is 12.8 Å². The molecule has 4 nitrogen and oxygen atoms in total. The van der Waals surface area contributed by atoms with Gasteiger partial charge in [0.2, 0.25) is 0 Å². The van der Waals surface area contributed by atoms with Crippen molar-refractivity contribution in [1.29, 1.82) is 0 Å². The SMILES string of the molecule is COc1ccc(C(=O)NCCC(C)C)cc1COc1ccccc1C. The van der Waals surface area contributed by atoms with Gasteiger partial charge >= 0.3 is 0 Å². The first-order valence-corrected chi connectivity index (χ1v) is 8.64. The van der Waals surface area contributed by atoms with Gasteiger partial charge < -0.3 is 14.8 Å². The van der Waals surface area contributed by atoms with E-state index in [1.807, 2.05) is 43.3 Å². The normalized spacial score (nSPS) is 10.6. The van der Waals surface area contributed by atoms with Gasteiger partial charge in [0.1, 0.15) is 18.1 Å². The molecule has 0 saturated heterocycles. The van der Waals surface area contributed by atoms with Gasteiger partial charge in [-0.1, -0.05) is 32.0 Å². The fourth-order valence-corrected chi connectivity index (χ4v) is 2.48. The average molecular weight is 341 g/mol. The van der Waals surface area contributed by atoms with E-state index in [4.69, 9.17) is 9.47 Å². The number of benzene rings is 2. The quantitative estimate of drug-likeness (QED) is 0.776. The van der Waals surface area contributed by atoms with Gasteiger partial charge in [-0.25, -0.2) is 0 Å². The molecule has 25 heavy (non-hydrogen) atoms. The Morgan fingerprint density at radius 2 is 1.88 bits per heavy atom. The summed E-state index contributed by atoms with van der Waals surface area (Å²) in [5.74, 6) is 2.04. The molecule has 0 atom stereocenters. The van der Waals surface area contributed by atoms with Crippen LogP contribution < -0.4 is 14.8 Å². The summed E-state index contributed by atoms with van der Waals surface area (Å²) in [6.07, 6.45) is 0.963. The summed E-state index contributed by atoms with van der Waals surface area (Å²) in [5.41, 5.74) is 2.54. The van der Waals surface area contributed by atoms with Gasteiger partial charge in [-0.15, -0.1) is 0 Å². The first kappa shape index (κ1) is 18.8. The third-order valence-electron chi connectivity index (χ3n) is 4.03. The number of hydrogen-bond donors (Lipinski definition) is 1. The Labute approximate surface area is 150 Å². The molecule has 4 heteroatoms. The molecule has 2 aromatic rings. The Balaban J connectivity index is 2.08. The minimum absolute atomic E-state index is 0.0690. The lowest BCUT2D eigenvalue weighted by Crippen LogP contribution is -2.25. The molecule has 0 heterocycles. The molecular formula is C21H27NO3. The second-order valence-electron chi connectivity index (χ2n) is 6.52. The van der Waals surface area contributed by atoms with Crippen LogP contribution in [0.15, 0.2) is 42.5 Å². The molecule has 1 amide bonds. The summed E-state index contributed by atoms with van der Waals surface area (Å²) in [7, 11) is 1.62. The van der Waals surface area contributed by atoms with Crippen molar-refractivity contribution in [3.8, 4) is 11.5 Å². The number of carbonyl (C=O) groups is 1. The van der Waals surface area contributed by atoms with E-state index in [0.717, 1.165) is 23.3 Å². The molecule has 0 saturated carbocycles. The minimum Gasteiger partial charge on any atom is -0.496 e. The predicted octanol–water partition coefficient (Wildman–Crippen LogP) is 4.36. The highest BCUT2D eigenvalue weighted by Gasteiger charge is 2.11. The monoisotopic (exact) mass is 341 g/mol. The molecule has 0 aromatic heterocycles. The van der Waals surface area contributed by atoms with Crippen LogP contribution in [0.25, 0.3) is 0 Å². The first-order chi connectivity index (χ1) is 12.0. The summed E-state index contributed by atoms with van der Waals surface area (Å²) < 4.78 is 11.3. The molecule has 0 aliphatic rings. The van der Waals surface area contributed by atoms with Crippen LogP contribution in [0.1, 0.15) is 41.8 Å². The van der Waals surface area contributed by atoms with Crippen molar-refractivity contribution in [2.24, 2.45) is 5.92 Å². The van der Waals surface area contributed by atoms with Crippen molar-refractivity contribution in [3.63, 3.8) is 0 Å². The summed E-state index contributed by atoms with van der Waals surface area (Å²) in [6, 6.07) is 13.3. The summed E-state index contributed by atoms with van der Waals surface area (Å²) >= 11 is 0. The smallest absolute Gasteiger partial charge is 0.251 e. The lowest BCUT2D eigenvalue weighted by molar-refractivity contribution is 0.0952. The molecule has 0 radical (unpaired) electrons. The van der Waals surface area contributed by atoms with Crippen molar-refractivity contribution in [2.45, 2.75) is 33.8 Å². The number of hydrogen-bond acceptors (Lipinski definition) is 3. The Hall–Kier alpha value is -2.49. The summed E-state index contributed by atoms with van der Waals surface area (Å²) in [5, 5.41) is 2.96. The van der Waals surface area contributed by atoms with E-state index in [1.54, 1.807) is 13.2 Å². The van der Waals surface area contributed by atoms with Crippen LogP contribution >= 0.6 is 0 Å². The van der Waals surface area contributed by atoms with Crippen LogP contribution in [0.5, 0.6) is 11.5 Å². The third kappa shape index (κ3) is 5.52. The number of ether oxygens (including phenoxy) is 2. The zero-order valence-corrected chi connectivity index (χ0v) is 15.5. The number of carbonyl (C=O) groups excluding carboxylic acids is 1. The molecule has 2 rings (SSSR count). The average Bonchev–Trinajstić information content (AvgIpc) is 2.60. The Kier molecular flexibility index (Phi) is 6.87. The molecule has 2 aromatic carbocycles. The molecule has 0 aliphatic carbocycles. The second-order valence-corrected chi connectivity index (χ2v) is 6.52. The van der Waals surface area contributed by atoms with E-state index >= 15 is 0 Å². The molecule has 0 unspecified atom stereocenters. The number of aryl methyl sites for hydroxylation is 1. The van der Waals surface area contributed by atoms with E-state index in [-0.39, 0.29) is 5.91 Å². The van der Waals surface area contributed by atoms with E-state index in [0.29, 0.717) is 30.4 Å². The highest BCUT2D eigenvalue weighted by molar-refractivity contribution is 5.94. The molecule has 1 N–H and O–H groups in total. The lowest BCUT2D eigenvalue weighted by atomic mass is 10.1. The van der Waals surface area contributed by atoms with Crippen molar-refractivity contribution < 1.29 is 14.3 Å². The molecule has 0 aliphatic heterocycles. The van der Waals surface area contributed by atoms with Crippen molar-refractivity contribution in [1.82, 2.24) is 5.32 Å². The summed E-state index contributed by atoms with van der Waals surface area (Å²) in [4.78, 5) is 12.3. The molecule has 0 bridgehead atoms. The number of methoxy groups -OCH3 is 1. The molecule has 134 valence electrons. The van der Waals surface area contributed by atoms with Gasteiger partial charge in [-0.2, -0.15) is 0 Å².